The van der Waals surface area contributed by atoms with E-state index in [4.69, 9.17) is 4.74 Å². The van der Waals surface area contributed by atoms with Gasteiger partial charge in [-0.15, -0.1) is 4.91 Å². The van der Waals surface area contributed by atoms with Crippen LogP contribution in [0, 0.1) is 4.91 Å². The van der Waals surface area contributed by atoms with Crippen molar-refractivity contribution < 1.29 is 9.53 Å². The Bertz CT molecular complexity index is 614. The highest BCUT2D eigenvalue weighted by Crippen LogP contribution is 2.21. The molecule has 0 spiro atoms. The largest absolute Gasteiger partial charge is 0.426 e. The molecule has 0 unspecified atom stereocenters. The van der Waals surface area contributed by atoms with E-state index in [1.807, 2.05) is 36.4 Å². The van der Waals surface area contributed by atoms with Crippen molar-refractivity contribution >= 4 is 5.97 Å². The van der Waals surface area contributed by atoms with Crippen LogP contribution in [0.5, 0.6) is 5.75 Å². The van der Waals surface area contributed by atoms with Gasteiger partial charge in [0.25, 0.3) is 0 Å². The van der Waals surface area contributed by atoms with Crippen molar-refractivity contribution in [2.24, 2.45) is 5.29 Å². The normalized spacial score (nSPS) is 9.95. The van der Waals surface area contributed by atoms with Gasteiger partial charge in [-0.2, -0.15) is 0 Å². The molecule has 0 aliphatic carbocycles. The monoisotopic (exact) mass is 284 g/mol. The molecule has 0 aliphatic heterocycles. The van der Waals surface area contributed by atoms with Crippen LogP contribution in [0.1, 0.15) is 18.1 Å². The zero-order valence-corrected chi connectivity index (χ0v) is 11.7. The molecule has 2 aromatic carbocycles. The van der Waals surface area contributed by atoms with Crippen molar-refractivity contribution in [1.29, 1.82) is 0 Å². The Balaban J connectivity index is 2.11. The Morgan fingerprint density at radius 3 is 2.38 bits per heavy atom. The third-order valence-corrected chi connectivity index (χ3v) is 2.90. The van der Waals surface area contributed by atoms with Gasteiger partial charge in [0.15, 0.2) is 0 Å². The van der Waals surface area contributed by atoms with E-state index in [2.05, 4.69) is 5.29 Å². The molecule has 0 aliphatic rings. The molecular weight excluding hydrogens is 268 g/mol. The molecule has 2 aromatic rings. The molecule has 0 fully saturated rings. The summed E-state index contributed by atoms with van der Waals surface area (Å²) in [6, 6.07) is 16.7. The van der Waals surface area contributed by atoms with Gasteiger partial charge in [-0.05, 0) is 11.6 Å². The maximum Gasteiger partial charge on any atom is 0.308 e. The van der Waals surface area contributed by atoms with E-state index in [1.54, 1.807) is 18.2 Å². The highest BCUT2D eigenvalue weighted by molar-refractivity contribution is 5.69. The lowest BCUT2D eigenvalue weighted by atomic mass is 10.1. The van der Waals surface area contributed by atoms with Crippen LogP contribution in [0.3, 0.4) is 0 Å². The van der Waals surface area contributed by atoms with Crippen LogP contribution in [0.4, 0.5) is 0 Å². The van der Waals surface area contributed by atoms with Gasteiger partial charge in [0, 0.05) is 12.5 Å². The summed E-state index contributed by atoms with van der Waals surface area (Å²) >= 11 is 0. The molecule has 0 atom stereocenters. The Labute approximate surface area is 123 Å². The number of nitroso groups, excluding NO2 is 1. The molecule has 0 bridgehead atoms. The number of carbonyl (C=O) groups excluding carboxylic acids is 1. The molecule has 0 aromatic heterocycles. The summed E-state index contributed by atoms with van der Waals surface area (Å²) in [6.07, 6.45) is 0. The van der Waals surface area contributed by atoms with Gasteiger partial charge in [0.05, 0.1) is 18.4 Å². The first-order valence-corrected chi connectivity index (χ1v) is 6.57. The van der Waals surface area contributed by atoms with Crippen LogP contribution >= 0.6 is 0 Å². The van der Waals surface area contributed by atoms with Crippen molar-refractivity contribution in [3.63, 3.8) is 0 Å². The summed E-state index contributed by atoms with van der Waals surface area (Å²) in [5, 5.41) is 4.43. The number of ether oxygens (including phenoxy) is 1. The quantitative estimate of drug-likeness (QED) is 0.353. The Kier molecular flexibility index (Phi) is 5.04. The van der Waals surface area contributed by atoms with E-state index in [0.717, 1.165) is 11.1 Å². The van der Waals surface area contributed by atoms with E-state index in [0.29, 0.717) is 12.3 Å². The molecule has 5 nitrogen and oxygen atoms in total. The van der Waals surface area contributed by atoms with Gasteiger partial charge in [-0.3, -0.25) is 9.80 Å². The summed E-state index contributed by atoms with van der Waals surface area (Å²) in [5.74, 6) is 0.0582. The maximum atomic E-state index is 11.1. The molecule has 108 valence electrons. The summed E-state index contributed by atoms with van der Waals surface area (Å²) in [7, 11) is 0. The van der Waals surface area contributed by atoms with Gasteiger partial charge in [0.1, 0.15) is 5.75 Å². The van der Waals surface area contributed by atoms with E-state index >= 15 is 0 Å². The zero-order chi connectivity index (χ0) is 15.1. The first-order chi connectivity index (χ1) is 10.2. The van der Waals surface area contributed by atoms with Gasteiger partial charge in [-0.1, -0.05) is 48.5 Å². The number of para-hydroxylation sites is 1. The zero-order valence-electron chi connectivity index (χ0n) is 11.7. The first kappa shape index (κ1) is 14.7. The summed E-state index contributed by atoms with van der Waals surface area (Å²) in [6.45, 7) is 2.02. The molecule has 5 heteroatoms. The van der Waals surface area contributed by atoms with Crippen molar-refractivity contribution in [2.75, 3.05) is 0 Å². The van der Waals surface area contributed by atoms with E-state index in [-0.39, 0.29) is 6.54 Å². The predicted molar refractivity (Wildman–Crippen MR) is 79.2 cm³/mol. The third-order valence-electron chi connectivity index (χ3n) is 2.90. The minimum absolute atomic E-state index is 0.280. The number of nitrogens with zero attached hydrogens (tertiary/aromatic N) is 2. The van der Waals surface area contributed by atoms with Crippen LogP contribution in [-0.4, -0.2) is 11.0 Å². The smallest absolute Gasteiger partial charge is 0.308 e. The standard InChI is InChI=1S/C16H16N2O3/c1-13(19)21-16-10-6-5-9-15(16)12-18(17-20)11-14-7-3-2-4-8-14/h2-10H,11-12H2,1H3. The van der Waals surface area contributed by atoms with Crippen molar-refractivity contribution in [1.82, 2.24) is 5.01 Å². The van der Waals surface area contributed by atoms with Crippen LogP contribution in [0.2, 0.25) is 0 Å². The fraction of sp³-hybridized carbons (Fsp3) is 0.188. The lowest BCUT2D eigenvalue weighted by Crippen LogP contribution is -2.17. The highest BCUT2D eigenvalue weighted by Gasteiger charge is 2.11. The molecule has 0 N–H and O–H groups in total. The topological polar surface area (TPSA) is 59.0 Å². The molecular formula is C16H16N2O3. The van der Waals surface area contributed by atoms with Crippen molar-refractivity contribution in [2.45, 2.75) is 20.0 Å². The van der Waals surface area contributed by atoms with Gasteiger partial charge in [0.2, 0.25) is 0 Å². The average molecular weight is 284 g/mol. The lowest BCUT2D eigenvalue weighted by Gasteiger charge is -2.17. The number of carbonyl (C=O) groups is 1. The third kappa shape index (κ3) is 4.42. The van der Waals surface area contributed by atoms with Gasteiger partial charge >= 0.3 is 5.97 Å². The summed E-state index contributed by atoms with van der Waals surface area (Å²) in [5.41, 5.74) is 1.73. The Morgan fingerprint density at radius 2 is 1.71 bits per heavy atom. The van der Waals surface area contributed by atoms with Crippen LogP contribution < -0.4 is 4.74 Å². The van der Waals surface area contributed by atoms with Crippen molar-refractivity contribution in [3.8, 4) is 5.75 Å². The summed E-state index contributed by atoms with van der Waals surface area (Å²) < 4.78 is 5.13. The Hall–Kier alpha value is -2.69. The molecule has 2 rings (SSSR count). The van der Waals surface area contributed by atoms with Crippen LogP contribution in [0.25, 0.3) is 0 Å². The lowest BCUT2D eigenvalue weighted by molar-refractivity contribution is -0.131. The molecule has 0 radical (unpaired) electrons. The number of benzene rings is 2. The first-order valence-electron chi connectivity index (χ1n) is 6.57. The predicted octanol–water partition coefficient (Wildman–Crippen LogP) is 3.30. The minimum Gasteiger partial charge on any atom is -0.426 e. The molecule has 0 amide bonds. The average Bonchev–Trinajstić information content (AvgIpc) is 2.49. The van der Waals surface area contributed by atoms with Gasteiger partial charge in [-0.25, -0.2) is 0 Å². The second-order valence-corrected chi connectivity index (χ2v) is 4.59. The number of esters is 1. The second kappa shape index (κ2) is 7.19. The Morgan fingerprint density at radius 1 is 1.05 bits per heavy atom. The van der Waals surface area contributed by atoms with E-state index in [1.165, 1.54) is 11.9 Å². The molecule has 21 heavy (non-hydrogen) atoms. The molecule has 0 saturated heterocycles. The van der Waals surface area contributed by atoms with E-state index in [9.17, 15) is 9.70 Å². The maximum absolute atomic E-state index is 11.1. The fourth-order valence-electron chi connectivity index (χ4n) is 1.99. The molecule has 0 heterocycles. The number of hydrogen-bond donors (Lipinski definition) is 0. The molecule has 0 saturated carbocycles. The summed E-state index contributed by atoms with van der Waals surface area (Å²) in [4.78, 5) is 22.1. The fourth-order valence-corrected chi connectivity index (χ4v) is 1.99. The van der Waals surface area contributed by atoms with Crippen LogP contribution in [0.15, 0.2) is 59.9 Å². The highest BCUT2D eigenvalue weighted by atomic mass is 16.5. The van der Waals surface area contributed by atoms with E-state index < -0.39 is 5.97 Å². The van der Waals surface area contributed by atoms with Gasteiger partial charge < -0.3 is 4.74 Å². The number of hydrogen-bond acceptors (Lipinski definition) is 4. The van der Waals surface area contributed by atoms with Crippen LogP contribution in [-0.2, 0) is 17.9 Å². The SMILES string of the molecule is CC(=O)Oc1ccccc1CN(Cc1ccccc1)N=O. The van der Waals surface area contributed by atoms with Crippen molar-refractivity contribution in [3.05, 3.63) is 70.6 Å². The number of rotatable bonds is 6. The second-order valence-electron chi connectivity index (χ2n) is 4.59. The minimum atomic E-state index is -0.392.